The van der Waals surface area contributed by atoms with E-state index in [4.69, 9.17) is 11.6 Å². The van der Waals surface area contributed by atoms with Crippen LogP contribution in [0.3, 0.4) is 0 Å². The Hall–Kier alpha value is -1.62. The maximum atomic E-state index is 12.2. The third-order valence-corrected chi connectivity index (χ3v) is 3.31. The van der Waals surface area contributed by atoms with E-state index in [9.17, 15) is 14.4 Å². The SMILES string of the molecule is COC(=O)C1=CC(Cl)=CC2(CC(=O)N2C)C1=O. The lowest BCUT2D eigenvalue weighted by Crippen LogP contribution is -2.66. The van der Waals surface area contributed by atoms with Crippen LogP contribution in [0.5, 0.6) is 0 Å². The Balaban J connectivity index is 2.43. The molecule has 1 heterocycles. The number of hydrogen-bond acceptors (Lipinski definition) is 4. The number of likely N-dealkylation sites (N-methyl/N-ethyl adjacent to an activating group) is 1. The summed E-state index contributed by atoms with van der Waals surface area (Å²) in [6.07, 6.45) is 2.79. The summed E-state index contributed by atoms with van der Waals surface area (Å²) in [6, 6.07) is 0. The molecule has 0 radical (unpaired) electrons. The van der Waals surface area contributed by atoms with E-state index in [2.05, 4.69) is 4.74 Å². The fourth-order valence-corrected chi connectivity index (χ4v) is 2.30. The number of halogens is 1. The molecule has 1 aliphatic carbocycles. The van der Waals surface area contributed by atoms with Crippen LogP contribution in [0.2, 0.25) is 0 Å². The van der Waals surface area contributed by atoms with Crippen molar-refractivity contribution in [1.82, 2.24) is 4.90 Å². The maximum absolute atomic E-state index is 12.2. The fraction of sp³-hybridized carbons (Fsp3) is 0.364. The number of carbonyl (C=O) groups excluding carboxylic acids is 3. The van der Waals surface area contributed by atoms with Crippen LogP contribution in [-0.2, 0) is 19.1 Å². The van der Waals surface area contributed by atoms with Crippen LogP contribution >= 0.6 is 11.6 Å². The molecule has 1 aliphatic heterocycles. The first kappa shape index (κ1) is 11.9. The number of methoxy groups -OCH3 is 1. The van der Waals surface area contributed by atoms with Crippen LogP contribution in [0, 0.1) is 0 Å². The molecule has 1 atom stereocenters. The number of ketones is 1. The standard InChI is InChI=1S/C11H10ClNO4/c1-13-8(14)5-11(13)4-6(12)3-7(9(11)15)10(16)17-2/h3-4H,5H2,1-2H3. The highest BCUT2D eigenvalue weighted by molar-refractivity contribution is 6.35. The molecule has 90 valence electrons. The van der Waals surface area contributed by atoms with Gasteiger partial charge in [0.05, 0.1) is 13.5 Å². The van der Waals surface area contributed by atoms with Gasteiger partial charge in [0.15, 0.2) is 5.78 Å². The number of amides is 1. The predicted molar refractivity (Wildman–Crippen MR) is 59.2 cm³/mol. The van der Waals surface area contributed by atoms with Crippen molar-refractivity contribution in [3.63, 3.8) is 0 Å². The van der Waals surface area contributed by atoms with Gasteiger partial charge >= 0.3 is 5.97 Å². The molecular formula is C11H10ClNO4. The average Bonchev–Trinajstić information content (AvgIpc) is 2.31. The Labute approximate surface area is 103 Å². The normalized spacial score (nSPS) is 27.6. The van der Waals surface area contributed by atoms with Gasteiger partial charge in [-0.2, -0.15) is 0 Å². The molecule has 1 spiro atoms. The summed E-state index contributed by atoms with van der Waals surface area (Å²) < 4.78 is 4.52. The van der Waals surface area contributed by atoms with Crippen molar-refractivity contribution in [2.24, 2.45) is 0 Å². The van der Waals surface area contributed by atoms with Gasteiger partial charge in [0.2, 0.25) is 5.91 Å². The van der Waals surface area contributed by atoms with Gasteiger partial charge in [0.25, 0.3) is 0 Å². The van der Waals surface area contributed by atoms with E-state index in [1.54, 1.807) is 0 Å². The minimum absolute atomic E-state index is 0.0346. The first-order valence-corrected chi connectivity index (χ1v) is 5.30. The van der Waals surface area contributed by atoms with Crippen LogP contribution in [0.1, 0.15) is 6.42 Å². The Morgan fingerprint density at radius 3 is 2.65 bits per heavy atom. The number of β-lactam (4-membered cyclic amide) rings is 1. The van der Waals surface area contributed by atoms with Crippen molar-refractivity contribution < 1.29 is 19.1 Å². The molecule has 6 heteroatoms. The summed E-state index contributed by atoms with van der Waals surface area (Å²) >= 11 is 5.87. The van der Waals surface area contributed by atoms with Gasteiger partial charge in [-0.05, 0) is 12.2 Å². The third kappa shape index (κ3) is 1.50. The molecule has 2 rings (SSSR count). The van der Waals surface area contributed by atoms with E-state index in [-0.39, 0.29) is 22.9 Å². The second-order valence-electron chi connectivity index (χ2n) is 3.96. The molecule has 17 heavy (non-hydrogen) atoms. The van der Waals surface area contributed by atoms with Crippen LogP contribution in [0.4, 0.5) is 0 Å². The molecule has 1 unspecified atom stereocenters. The summed E-state index contributed by atoms with van der Waals surface area (Å²) in [5.74, 6) is -1.35. The molecule has 0 aromatic carbocycles. The van der Waals surface area contributed by atoms with Gasteiger partial charge in [0, 0.05) is 12.1 Å². The third-order valence-electron chi connectivity index (χ3n) is 3.10. The molecule has 1 saturated heterocycles. The van der Waals surface area contributed by atoms with Crippen molar-refractivity contribution in [1.29, 1.82) is 0 Å². The zero-order valence-electron chi connectivity index (χ0n) is 9.32. The number of likely N-dealkylation sites (tertiary alicyclic amines) is 1. The van der Waals surface area contributed by atoms with Gasteiger partial charge < -0.3 is 9.64 Å². The number of nitrogens with zero attached hydrogens (tertiary/aromatic N) is 1. The average molecular weight is 256 g/mol. The van der Waals surface area contributed by atoms with Crippen LogP contribution < -0.4 is 0 Å². The molecule has 0 aromatic heterocycles. The van der Waals surface area contributed by atoms with Crippen LogP contribution in [-0.4, -0.2) is 42.3 Å². The van der Waals surface area contributed by atoms with E-state index in [0.717, 1.165) is 0 Å². The largest absolute Gasteiger partial charge is 0.465 e. The molecule has 1 fully saturated rings. The van der Waals surface area contributed by atoms with Crippen molar-refractivity contribution in [3.8, 4) is 0 Å². The van der Waals surface area contributed by atoms with E-state index in [0.29, 0.717) is 0 Å². The van der Waals surface area contributed by atoms with Gasteiger partial charge in [0.1, 0.15) is 11.1 Å². The van der Waals surface area contributed by atoms with Crippen molar-refractivity contribution in [2.45, 2.75) is 12.0 Å². The molecule has 1 amide bonds. The lowest BCUT2D eigenvalue weighted by Gasteiger charge is -2.48. The zero-order valence-corrected chi connectivity index (χ0v) is 10.1. The Morgan fingerprint density at radius 1 is 1.53 bits per heavy atom. The Bertz CT molecular complexity index is 494. The first-order chi connectivity index (χ1) is 7.92. The number of rotatable bonds is 1. The molecule has 0 saturated carbocycles. The molecule has 0 bridgehead atoms. The second kappa shape index (κ2) is 3.70. The smallest absolute Gasteiger partial charge is 0.341 e. The van der Waals surface area contributed by atoms with E-state index < -0.39 is 17.3 Å². The summed E-state index contributed by atoms with van der Waals surface area (Å²) in [6.45, 7) is 0. The summed E-state index contributed by atoms with van der Waals surface area (Å²) in [7, 11) is 2.69. The van der Waals surface area contributed by atoms with Crippen molar-refractivity contribution in [3.05, 3.63) is 22.8 Å². The van der Waals surface area contributed by atoms with Gasteiger partial charge in [-0.25, -0.2) is 4.79 Å². The fourth-order valence-electron chi connectivity index (χ4n) is 2.01. The van der Waals surface area contributed by atoms with E-state index >= 15 is 0 Å². The van der Waals surface area contributed by atoms with Gasteiger partial charge in [-0.15, -0.1) is 0 Å². The number of allylic oxidation sites excluding steroid dienone is 2. The topological polar surface area (TPSA) is 63.7 Å². The van der Waals surface area contributed by atoms with Gasteiger partial charge in [-0.1, -0.05) is 11.6 Å². The predicted octanol–water partition coefficient (Wildman–Crippen LogP) is 0.392. The van der Waals surface area contributed by atoms with Crippen LogP contribution in [0.25, 0.3) is 0 Å². The number of Topliss-reactive ketones (excluding diaryl/α,β-unsaturated/α-hetero) is 1. The van der Waals surface area contributed by atoms with Crippen molar-refractivity contribution >= 4 is 29.3 Å². The minimum Gasteiger partial charge on any atom is -0.465 e. The monoisotopic (exact) mass is 255 g/mol. The van der Waals surface area contributed by atoms with Gasteiger partial charge in [-0.3, -0.25) is 9.59 Å². The second-order valence-corrected chi connectivity index (χ2v) is 4.40. The lowest BCUT2D eigenvalue weighted by molar-refractivity contribution is -0.157. The lowest BCUT2D eigenvalue weighted by atomic mass is 9.75. The Morgan fingerprint density at radius 2 is 2.18 bits per heavy atom. The number of ether oxygens (including phenoxy) is 1. The van der Waals surface area contributed by atoms with Crippen LogP contribution in [0.15, 0.2) is 22.8 Å². The van der Waals surface area contributed by atoms with Crippen molar-refractivity contribution in [2.75, 3.05) is 14.2 Å². The molecule has 0 N–H and O–H groups in total. The summed E-state index contributed by atoms with van der Waals surface area (Å²) in [4.78, 5) is 36.2. The number of esters is 1. The highest BCUT2D eigenvalue weighted by Crippen LogP contribution is 2.39. The molecule has 0 aromatic rings. The zero-order chi connectivity index (χ0) is 12.8. The molecular weight excluding hydrogens is 246 g/mol. The summed E-state index contributed by atoms with van der Waals surface area (Å²) in [5.41, 5.74) is -1.23. The maximum Gasteiger partial charge on any atom is 0.341 e. The highest BCUT2D eigenvalue weighted by Gasteiger charge is 2.56. The Kier molecular flexibility index (Phi) is 2.58. The highest BCUT2D eigenvalue weighted by atomic mass is 35.5. The molecule has 2 aliphatic rings. The number of hydrogen-bond donors (Lipinski definition) is 0. The van der Waals surface area contributed by atoms with E-state index in [1.807, 2.05) is 0 Å². The quantitative estimate of drug-likeness (QED) is 0.386. The minimum atomic E-state index is -1.10. The first-order valence-electron chi connectivity index (χ1n) is 4.92. The number of carbonyl (C=O) groups is 3. The molecule has 5 nitrogen and oxygen atoms in total. The van der Waals surface area contributed by atoms with E-state index in [1.165, 1.54) is 31.2 Å². The summed E-state index contributed by atoms with van der Waals surface area (Å²) in [5, 5.41) is 0.254.